The fraction of sp³-hybridized carbons (Fsp3) is 0.700. The van der Waals surface area contributed by atoms with Gasteiger partial charge in [0.25, 0.3) is 0 Å². The lowest BCUT2D eigenvalue weighted by molar-refractivity contribution is -0.117. The Bertz CT molecular complexity index is 410. The van der Waals surface area contributed by atoms with E-state index in [1.54, 1.807) is 0 Å². The molecule has 16 heavy (non-hydrogen) atoms. The molecule has 1 aromatic heterocycles. The number of anilines is 1. The molecule has 1 unspecified atom stereocenters. The van der Waals surface area contributed by atoms with E-state index in [0.29, 0.717) is 24.9 Å². The molecule has 0 spiro atoms. The Hall–Kier alpha value is -0.910. The maximum absolute atomic E-state index is 11.6. The first-order valence-corrected chi connectivity index (χ1v) is 6.08. The van der Waals surface area contributed by atoms with E-state index in [4.69, 9.17) is 4.42 Å². The summed E-state index contributed by atoms with van der Waals surface area (Å²) in [5, 5.41) is 7.88. The maximum atomic E-state index is 11.6. The molecular formula is C10H14BrN3O2. The van der Waals surface area contributed by atoms with Crippen LogP contribution in [0.3, 0.4) is 0 Å². The third kappa shape index (κ3) is 2.11. The second-order valence-electron chi connectivity index (χ2n) is 4.95. The summed E-state index contributed by atoms with van der Waals surface area (Å²) in [6.07, 6.45) is 0.479. The first-order valence-electron chi connectivity index (χ1n) is 5.16. The lowest BCUT2D eigenvalue weighted by Gasteiger charge is -2.12. The molecule has 0 radical (unpaired) electrons. The summed E-state index contributed by atoms with van der Waals surface area (Å²) in [6.45, 7) is 6.56. The molecule has 1 amide bonds. The van der Waals surface area contributed by atoms with Crippen molar-refractivity contribution in [3.63, 3.8) is 0 Å². The Morgan fingerprint density at radius 3 is 2.56 bits per heavy atom. The highest BCUT2D eigenvalue weighted by atomic mass is 79.9. The standard InChI is InChI=1S/C10H14BrN3O2/c1-10(2,3)8-12-13-9(16-8)14-5-6(11)4-7(14)15/h6H,4-5H2,1-3H3. The van der Waals surface area contributed by atoms with Gasteiger partial charge in [0.2, 0.25) is 11.8 Å². The van der Waals surface area contributed by atoms with Crippen LogP contribution in [0.25, 0.3) is 0 Å². The van der Waals surface area contributed by atoms with Crippen molar-refractivity contribution in [1.29, 1.82) is 0 Å². The predicted octanol–water partition coefficient (Wildman–Crippen LogP) is 1.87. The summed E-state index contributed by atoms with van der Waals surface area (Å²) in [4.78, 5) is 13.3. The summed E-state index contributed by atoms with van der Waals surface area (Å²) < 4.78 is 5.51. The van der Waals surface area contributed by atoms with Crippen LogP contribution in [-0.2, 0) is 10.2 Å². The molecule has 1 atom stereocenters. The number of hydrogen-bond acceptors (Lipinski definition) is 4. The molecule has 0 saturated carbocycles. The maximum Gasteiger partial charge on any atom is 0.325 e. The molecule has 1 aliphatic heterocycles. The van der Waals surface area contributed by atoms with Gasteiger partial charge in [-0.15, -0.1) is 5.10 Å². The molecule has 5 nitrogen and oxygen atoms in total. The summed E-state index contributed by atoms with van der Waals surface area (Å²) in [7, 11) is 0. The average Bonchev–Trinajstić information content (AvgIpc) is 2.70. The van der Waals surface area contributed by atoms with E-state index in [2.05, 4.69) is 26.1 Å². The van der Waals surface area contributed by atoms with Crippen LogP contribution in [0, 0.1) is 0 Å². The van der Waals surface area contributed by atoms with Crippen molar-refractivity contribution in [1.82, 2.24) is 10.2 Å². The molecule has 88 valence electrons. The lowest BCUT2D eigenvalue weighted by Crippen LogP contribution is -2.24. The molecule has 0 aromatic carbocycles. The van der Waals surface area contributed by atoms with E-state index < -0.39 is 0 Å². The van der Waals surface area contributed by atoms with Gasteiger partial charge in [-0.1, -0.05) is 41.8 Å². The molecular weight excluding hydrogens is 274 g/mol. The van der Waals surface area contributed by atoms with Crippen LogP contribution in [0.5, 0.6) is 0 Å². The molecule has 1 aromatic rings. The van der Waals surface area contributed by atoms with Gasteiger partial charge in [-0.05, 0) is 0 Å². The van der Waals surface area contributed by atoms with Crippen molar-refractivity contribution in [2.45, 2.75) is 37.4 Å². The molecule has 2 heterocycles. The van der Waals surface area contributed by atoms with Gasteiger partial charge < -0.3 is 4.42 Å². The van der Waals surface area contributed by atoms with Crippen LogP contribution in [0.4, 0.5) is 6.01 Å². The summed E-state index contributed by atoms with van der Waals surface area (Å²) in [5.74, 6) is 0.569. The van der Waals surface area contributed by atoms with Crippen LogP contribution < -0.4 is 4.90 Å². The highest BCUT2D eigenvalue weighted by Crippen LogP contribution is 2.27. The van der Waals surface area contributed by atoms with Crippen molar-refractivity contribution in [2.75, 3.05) is 11.4 Å². The Morgan fingerprint density at radius 2 is 2.12 bits per heavy atom. The van der Waals surface area contributed by atoms with Gasteiger partial charge in [-0.3, -0.25) is 9.69 Å². The number of rotatable bonds is 1. The molecule has 1 aliphatic rings. The average molecular weight is 288 g/mol. The minimum atomic E-state index is -0.193. The van der Waals surface area contributed by atoms with E-state index in [9.17, 15) is 4.79 Å². The normalized spacial score (nSPS) is 21.9. The highest BCUT2D eigenvalue weighted by Gasteiger charge is 2.33. The third-order valence-electron chi connectivity index (χ3n) is 2.36. The number of amides is 1. The number of hydrogen-bond donors (Lipinski definition) is 0. The minimum Gasteiger partial charge on any atom is -0.407 e. The third-order valence-corrected chi connectivity index (χ3v) is 2.98. The Balaban J connectivity index is 2.23. The topological polar surface area (TPSA) is 59.2 Å². The molecule has 0 aliphatic carbocycles. The second-order valence-corrected chi connectivity index (χ2v) is 6.24. The molecule has 1 saturated heterocycles. The summed E-state index contributed by atoms with van der Waals surface area (Å²) in [5.41, 5.74) is -0.193. The number of nitrogens with zero attached hydrogens (tertiary/aromatic N) is 3. The van der Waals surface area contributed by atoms with Gasteiger partial charge in [0, 0.05) is 23.2 Å². The SMILES string of the molecule is CC(C)(C)c1nnc(N2CC(Br)CC2=O)o1. The van der Waals surface area contributed by atoms with Gasteiger partial charge in [0.1, 0.15) is 0 Å². The minimum absolute atomic E-state index is 0.0194. The number of aromatic nitrogens is 2. The molecule has 1 fully saturated rings. The molecule has 2 rings (SSSR count). The van der Waals surface area contributed by atoms with E-state index in [0.717, 1.165) is 0 Å². The van der Waals surface area contributed by atoms with Gasteiger partial charge in [0.15, 0.2) is 0 Å². The largest absolute Gasteiger partial charge is 0.407 e. The van der Waals surface area contributed by atoms with Crippen molar-refractivity contribution in [3.05, 3.63) is 5.89 Å². The Morgan fingerprint density at radius 1 is 1.44 bits per heavy atom. The lowest BCUT2D eigenvalue weighted by atomic mass is 9.97. The zero-order valence-corrected chi connectivity index (χ0v) is 11.1. The van der Waals surface area contributed by atoms with Crippen molar-refractivity contribution >= 4 is 27.9 Å². The second kappa shape index (κ2) is 3.84. The van der Waals surface area contributed by atoms with Crippen molar-refractivity contribution in [2.24, 2.45) is 0 Å². The molecule has 6 heteroatoms. The number of carbonyl (C=O) groups excluding carboxylic acids is 1. The number of carbonyl (C=O) groups is 1. The predicted molar refractivity (Wildman–Crippen MR) is 62.7 cm³/mol. The van der Waals surface area contributed by atoms with E-state index >= 15 is 0 Å². The fourth-order valence-electron chi connectivity index (χ4n) is 1.48. The quantitative estimate of drug-likeness (QED) is 0.740. The van der Waals surface area contributed by atoms with E-state index in [1.165, 1.54) is 4.90 Å². The first kappa shape index (κ1) is 11.6. The highest BCUT2D eigenvalue weighted by molar-refractivity contribution is 9.09. The number of alkyl halides is 1. The van der Waals surface area contributed by atoms with Crippen LogP contribution >= 0.6 is 15.9 Å². The van der Waals surface area contributed by atoms with Crippen LogP contribution in [0.15, 0.2) is 4.42 Å². The van der Waals surface area contributed by atoms with Crippen molar-refractivity contribution in [3.8, 4) is 0 Å². The van der Waals surface area contributed by atoms with Crippen LogP contribution in [0.2, 0.25) is 0 Å². The molecule has 0 N–H and O–H groups in total. The fourth-order valence-corrected chi connectivity index (χ4v) is 2.04. The van der Waals surface area contributed by atoms with Crippen LogP contribution in [-0.4, -0.2) is 27.5 Å². The Kier molecular flexibility index (Phi) is 2.77. The summed E-state index contributed by atoms with van der Waals surface area (Å²) >= 11 is 3.41. The van der Waals surface area contributed by atoms with E-state index in [-0.39, 0.29) is 16.1 Å². The Labute approximate surface area is 102 Å². The zero-order chi connectivity index (χ0) is 11.9. The smallest absolute Gasteiger partial charge is 0.325 e. The van der Waals surface area contributed by atoms with Gasteiger partial charge in [0.05, 0.1) is 0 Å². The van der Waals surface area contributed by atoms with Gasteiger partial charge >= 0.3 is 6.01 Å². The monoisotopic (exact) mass is 287 g/mol. The number of halogens is 1. The van der Waals surface area contributed by atoms with Gasteiger partial charge in [-0.25, -0.2) is 0 Å². The van der Waals surface area contributed by atoms with E-state index in [1.807, 2.05) is 20.8 Å². The van der Waals surface area contributed by atoms with Crippen LogP contribution in [0.1, 0.15) is 33.1 Å². The zero-order valence-electron chi connectivity index (χ0n) is 9.53. The summed E-state index contributed by atoms with van der Waals surface area (Å²) in [6, 6.07) is 0.303. The molecule has 0 bridgehead atoms. The first-order chi connectivity index (χ1) is 7.38. The van der Waals surface area contributed by atoms with Gasteiger partial charge in [-0.2, -0.15) is 0 Å². The van der Waals surface area contributed by atoms with Crippen molar-refractivity contribution < 1.29 is 9.21 Å².